The van der Waals surface area contributed by atoms with Crippen molar-refractivity contribution in [2.75, 3.05) is 66.6 Å². The topological polar surface area (TPSA) is 382 Å². The standard InChI is InChI=1S/C18H22BrNO3.C9H8BrN.C9H15BrO3.C8H8BrNO2.C8H10BrN.C7H6BrNO3.C7H7NO3.C5H11NO2.C5H13N.C3H6O2S.Na/c1-11-3-4-13-15(16(11)19)10-20-17(13)14(18(21)22-2)9-12-5-7-23-8-6-12;1-6-2-3-7-4-11-5-8(7)9(6)10;1-12-9(11)8(10)6-7-2-4-13-5-3-7;1-5-3-4-7(10(11)12)6(2)8(5)9;1-5-3-4-7(10)6(2)8(5)9;1-4-5(9(11)12)2-3-6(10)7(4)8;1-5-4-6(9)2-3-7(5)8(10)11;1-5(2)3-4-8-6-7;1-3-4-5-6-2;4-6(5)3-1-2-3;/h3-4,10,12,14,17H,5-9H2,1-2H3;2-3,5H,4H2,1H3;7-8H,2-6H2,1H3;3-4H,1-2H3;3-4H,10H2,1-2H3;2-3,10H,1H3;2-4,9H,1H3;5H,3-4H2,1-2H3;6H,3-5H2,1-2H3;3H,1-2H2,(H,4,5);/q;;;;;;;;;;+1/p-1. The van der Waals surface area contributed by atoms with E-state index in [0.29, 0.717) is 45.5 Å². The second-order valence-electron chi connectivity index (χ2n) is 26.9. The Morgan fingerprint density at radius 3 is 1.59 bits per heavy atom. The fourth-order valence-electron chi connectivity index (χ4n) is 10.7. The van der Waals surface area contributed by atoms with Gasteiger partial charge < -0.3 is 49.6 Å². The van der Waals surface area contributed by atoms with Crippen LogP contribution in [0.2, 0.25) is 0 Å². The Bertz CT molecular complexity index is 4020. The maximum atomic E-state index is 12.4. The van der Waals surface area contributed by atoms with Crippen LogP contribution in [0.5, 0.6) is 11.5 Å². The van der Waals surface area contributed by atoms with Crippen LogP contribution in [-0.4, -0.2) is 129 Å². The van der Waals surface area contributed by atoms with E-state index in [4.69, 9.17) is 30.2 Å². The molecule has 4 atom stereocenters. The Morgan fingerprint density at radius 2 is 1.13 bits per heavy atom. The second-order valence-corrected chi connectivity index (χ2v) is 33.2. The largest absolute Gasteiger partial charge is 1.00 e. The van der Waals surface area contributed by atoms with Gasteiger partial charge in [-0.05, 0) is 278 Å². The van der Waals surface area contributed by atoms with Gasteiger partial charge in [-0.2, -0.15) is 0 Å². The van der Waals surface area contributed by atoms with E-state index in [0.717, 1.165) is 139 Å². The molecule has 618 valence electrons. The first-order chi connectivity index (χ1) is 52.9. The van der Waals surface area contributed by atoms with E-state index in [1.54, 1.807) is 26.8 Å². The van der Waals surface area contributed by atoms with Gasteiger partial charge in [0.25, 0.3) is 17.1 Å². The number of phenolic OH excluding ortho intramolecular Hbond substituents is 2. The molecule has 113 heavy (non-hydrogen) atoms. The van der Waals surface area contributed by atoms with Crippen molar-refractivity contribution in [1.29, 1.82) is 0 Å². The van der Waals surface area contributed by atoms with Crippen molar-refractivity contribution in [2.45, 2.75) is 169 Å². The molecule has 0 radical (unpaired) electrons. The predicted octanol–water partition coefficient (Wildman–Crippen LogP) is 17.6. The second kappa shape index (κ2) is 56.7. The van der Waals surface area contributed by atoms with Crippen LogP contribution in [0.15, 0.2) is 117 Å². The molecule has 4 aliphatic heterocycles. The molecule has 5 N–H and O–H groups in total. The van der Waals surface area contributed by atoms with E-state index in [9.17, 15) is 53.6 Å². The number of phenols is 2. The number of nitro benzene ring substituents is 3. The fourth-order valence-corrected chi connectivity index (χ4v) is 14.0. The number of nitrogens with zero attached hydrogens (tertiary/aromatic N) is 6. The van der Waals surface area contributed by atoms with Crippen LogP contribution >= 0.6 is 95.6 Å². The smallest absolute Gasteiger partial charge is 0.772 e. The van der Waals surface area contributed by atoms with E-state index in [2.05, 4.69) is 192 Å². The van der Waals surface area contributed by atoms with Gasteiger partial charge in [0.15, 0.2) is 5.34 Å². The number of aromatic hydroxyl groups is 2. The van der Waals surface area contributed by atoms with E-state index in [1.807, 2.05) is 45.5 Å². The van der Waals surface area contributed by atoms with Gasteiger partial charge in [0.2, 0.25) is 0 Å². The number of anilines is 1. The van der Waals surface area contributed by atoms with Gasteiger partial charge in [-0.3, -0.25) is 54.1 Å². The van der Waals surface area contributed by atoms with Crippen LogP contribution < -0.4 is 40.6 Å². The average molecular weight is 1990 g/mol. The van der Waals surface area contributed by atoms with Crippen molar-refractivity contribution >= 4 is 154 Å². The van der Waals surface area contributed by atoms with Gasteiger partial charge in [0, 0.05) is 114 Å². The molecule has 4 unspecified atom stereocenters. The summed E-state index contributed by atoms with van der Waals surface area (Å²) in [6, 6.07) is 22.0. The van der Waals surface area contributed by atoms with Crippen LogP contribution in [-0.2, 0) is 51.0 Å². The minimum absolute atomic E-state index is 0. The van der Waals surface area contributed by atoms with E-state index in [-0.39, 0.29) is 97.0 Å². The molecule has 0 amide bonds. The van der Waals surface area contributed by atoms with Crippen molar-refractivity contribution in [3.8, 4) is 11.5 Å². The van der Waals surface area contributed by atoms with E-state index < -0.39 is 20.9 Å². The van der Waals surface area contributed by atoms with Crippen molar-refractivity contribution in [2.24, 2.45) is 39.0 Å². The monoisotopic (exact) mass is 1980 g/mol. The predicted molar refractivity (Wildman–Crippen MR) is 463 cm³/mol. The third-order valence-electron chi connectivity index (χ3n) is 17.9. The number of alkyl halides is 1. The quantitative estimate of drug-likeness (QED) is 0.00714. The molecule has 34 heteroatoms. The van der Waals surface area contributed by atoms with Crippen molar-refractivity contribution in [3.63, 3.8) is 0 Å². The van der Waals surface area contributed by atoms with E-state index in [1.165, 1.54) is 95.7 Å². The number of hydrogen-bond acceptors (Lipinski definition) is 23. The van der Waals surface area contributed by atoms with Gasteiger partial charge in [0.1, 0.15) is 22.9 Å². The zero-order chi connectivity index (χ0) is 84.5. The number of nitrogens with one attached hydrogen (secondary N) is 1. The summed E-state index contributed by atoms with van der Waals surface area (Å²) in [5.74, 6) is 1.17. The number of nitrogens with two attached hydrogens (primary N) is 1. The number of ether oxygens (including phenoxy) is 4. The third kappa shape index (κ3) is 38.2. The molecular formula is C79H105Br6N8NaO18S. The third-order valence-corrected chi connectivity index (χ3v) is 25.2. The molecule has 4 heterocycles. The molecule has 1 aliphatic carbocycles. The number of fused-ring (bicyclic) bond motifs is 2. The van der Waals surface area contributed by atoms with E-state index >= 15 is 0 Å². The van der Waals surface area contributed by atoms with Crippen LogP contribution in [0.25, 0.3) is 0 Å². The number of hydrogen-bond donors (Lipinski definition) is 4. The Morgan fingerprint density at radius 1 is 0.655 bits per heavy atom. The molecular weight excluding hydrogens is 1880 g/mol. The summed E-state index contributed by atoms with van der Waals surface area (Å²) < 4.78 is 44.5. The van der Waals surface area contributed by atoms with Crippen LogP contribution in [0.3, 0.4) is 0 Å². The Hall–Kier alpha value is -5.53. The minimum atomic E-state index is -1.76. The van der Waals surface area contributed by atoms with Crippen molar-refractivity contribution < 1.29 is 96.7 Å². The summed E-state index contributed by atoms with van der Waals surface area (Å²) >= 11 is 18.5. The molecule has 1 saturated carbocycles. The number of esters is 2. The molecule has 6 aromatic rings. The molecule has 3 fully saturated rings. The van der Waals surface area contributed by atoms with Gasteiger partial charge in [-0.1, -0.05) is 107 Å². The maximum Gasteiger partial charge on any atom is 1.00 e. The minimum Gasteiger partial charge on any atom is -0.772 e. The van der Waals surface area contributed by atoms with Gasteiger partial charge in [-0.25, -0.2) is 0 Å². The molecule has 5 aliphatic rings. The first kappa shape index (κ1) is 105. The molecule has 0 bridgehead atoms. The first-order valence-corrected chi connectivity index (χ1v) is 42.2. The number of benzene rings is 6. The molecule has 6 aromatic carbocycles. The fraction of sp³-hybridized carbons (Fsp3) is 0.494. The Labute approximate surface area is 738 Å². The van der Waals surface area contributed by atoms with Crippen LogP contribution in [0.4, 0.5) is 22.7 Å². The number of aryl methyl sites for hydroxylation is 5. The summed E-state index contributed by atoms with van der Waals surface area (Å²) in [5, 5.41) is 54.5. The Kier molecular flexibility index (Phi) is 53.0. The number of rotatable bonds is 18. The Balaban J connectivity index is 0.000000643. The zero-order valence-electron chi connectivity index (χ0n) is 66.8. The molecule has 0 aromatic heterocycles. The number of methoxy groups -OCH3 is 2. The van der Waals surface area contributed by atoms with Crippen molar-refractivity contribution in [1.82, 2.24) is 5.32 Å². The number of nitrogen functional groups attached to an aromatic ring is 1. The average Bonchev–Trinajstić information content (AvgIpc) is 1.63. The summed E-state index contributed by atoms with van der Waals surface area (Å²) in [4.78, 5) is 75.5. The summed E-state index contributed by atoms with van der Waals surface area (Å²) in [5.41, 5.74) is 18.9. The summed E-state index contributed by atoms with van der Waals surface area (Å²) in [6.07, 6.45) is 14.9. The molecule has 0 spiro atoms. The maximum absolute atomic E-state index is 12.4. The number of aliphatic imine (C=N–C) groups is 2. The number of halogens is 6. The SMILES string of the molecule is CC(C)CCON=O.CCCCNC.COC(=O)C(Br)CC1CCOCC1.COC(=O)C(CC1CCOCC1)C1N=Cc2c1ccc(C)c2Br.Cc1c([N+](=O)[O-])ccc(O)c1Br.Cc1cc(O)ccc1[N+](=O)[O-].Cc1ccc(N)c(C)c1Br.Cc1ccc([N+](=O)[O-])c(C)c1Br.Cc1ccc2c(c1Br)C=NC2.O=S([O-])C1CC1.[Na+]. The summed E-state index contributed by atoms with van der Waals surface area (Å²) in [6.45, 7) is 27.0. The molecule has 2 saturated heterocycles. The molecule has 26 nitrogen and oxygen atoms in total. The van der Waals surface area contributed by atoms with Crippen LogP contribution in [0, 0.1) is 114 Å². The number of carbonyl (C=O) groups excluding carboxylic acids is 2. The summed E-state index contributed by atoms with van der Waals surface area (Å²) in [7, 11) is 4.86. The molecule has 11 rings (SSSR count). The van der Waals surface area contributed by atoms with Gasteiger partial charge >= 0.3 is 41.5 Å². The van der Waals surface area contributed by atoms with Gasteiger partial charge in [-0.15, -0.1) is 4.91 Å². The van der Waals surface area contributed by atoms with Gasteiger partial charge in [0.05, 0.1) is 52.0 Å². The zero-order valence-corrected chi connectivity index (χ0v) is 79.1. The van der Waals surface area contributed by atoms with Crippen molar-refractivity contribution in [3.05, 3.63) is 203 Å². The normalized spacial score (nSPS) is 14.7. The number of nitro groups is 3. The first-order valence-electron chi connectivity index (χ1n) is 36.1. The van der Waals surface area contributed by atoms with Crippen LogP contribution in [0.1, 0.15) is 164 Å². The number of unbranched alkanes of at least 4 members (excludes halogenated alkanes) is 1. The number of carbonyl (C=O) groups is 2.